The van der Waals surface area contributed by atoms with E-state index in [1.54, 1.807) is 23.0 Å². The predicted molar refractivity (Wildman–Crippen MR) is 133 cm³/mol. The number of anilines is 2. The van der Waals surface area contributed by atoms with Gasteiger partial charge in [0.1, 0.15) is 16.8 Å². The highest BCUT2D eigenvalue weighted by atomic mass is 35.5. The van der Waals surface area contributed by atoms with E-state index in [4.69, 9.17) is 16.3 Å². The monoisotopic (exact) mass is 463 g/mol. The van der Waals surface area contributed by atoms with Crippen molar-refractivity contribution in [2.75, 3.05) is 30.4 Å². The number of ether oxygens (including phenoxy) is 1. The summed E-state index contributed by atoms with van der Waals surface area (Å²) in [5, 5.41) is 12.6. The van der Waals surface area contributed by atoms with Gasteiger partial charge in [-0.25, -0.2) is 0 Å². The number of carbonyl (C=O) groups excluding carboxylic acids is 1. The Balaban J connectivity index is 1.62. The van der Waals surface area contributed by atoms with Crippen molar-refractivity contribution in [1.29, 1.82) is 0 Å². The number of carbonyl (C=O) groups is 1. The Morgan fingerprint density at radius 1 is 1.03 bits per heavy atom. The molecular weight excluding hydrogens is 438 g/mol. The lowest BCUT2D eigenvalue weighted by Crippen LogP contribution is -2.21. The number of nitrogens with one attached hydrogen (secondary N) is 1. The van der Waals surface area contributed by atoms with Gasteiger partial charge in [0.2, 0.25) is 0 Å². The average Bonchev–Trinajstić information content (AvgIpc) is 3.23. The van der Waals surface area contributed by atoms with Gasteiger partial charge in [-0.1, -0.05) is 11.6 Å². The van der Waals surface area contributed by atoms with Gasteiger partial charge < -0.3 is 15.0 Å². The lowest BCUT2D eigenvalue weighted by molar-refractivity contribution is 0.102. The van der Waals surface area contributed by atoms with Crippen LogP contribution in [0, 0.1) is 6.92 Å². The van der Waals surface area contributed by atoms with Crippen molar-refractivity contribution in [3.8, 4) is 11.4 Å². The van der Waals surface area contributed by atoms with Crippen molar-refractivity contribution >= 4 is 39.9 Å². The molecule has 0 unspecified atom stereocenters. The highest BCUT2D eigenvalue weighted by Crippen LogP contribution is 2.27. The molecule has 4 rings (SSSR count). The molecule has 1 amide bonds. The van der Waals surface area contributed by atoms with Crippen molar-refractivity contribution in [2.24, 2.45) is 0 Å². The van der Waals surface area contributed by atoms with Gasteiger partial charge in [0.25, 0.3) is 5.91 Å². The minimum atomic E-state index is -0.309. The minimum Gasteiger partial charge on any atom is -0.496 e. The van der Waals surface area contributed by atoms with E-state index < -0.39 is 0 Å². The van der Waals surface area contributed by atoms with E-state index in [0.717, 1.165) is 35.5 Å². The number of rotatable bonds is 7. The summed E-state index contributed by atoms with van der Waals surface area (Å²) in [6.45, 7) is 8.10. The molecule has 0 radical (unpaired) electrons. The molecule has 0 spiro atoms. The van der Waals surface area contributed by atoms with E-state index in [-0.39, 0.29) is 5.91 Å². The summed E-state index contributed by atoms with van der Waals surface area (Å²) in [7, 11) is 1.52. The van der Waals surface area contributed by atoms with Crippen LogP contribution in [0.3, 0.4) is 0 Å². The number of hydrogen-bond acceptors (Lipinski definition) is 5. The fraction of sp³-hybridized carbons (Fsp3) is 0.240. The van der Waals surface area contributed by atoms with Crippen molar-refractivity contribution in [3.63, 3.8) is 0 Å². The molecule has 1 heterocycles. The average molecular weight is 464 g/mol. The number of methoxy groups -OCH3 is 1. The van der Waals surface area contributed by atoms with Crippen LogP contribution in [-0.2, 0) is 0 Å². The van der Waals surface area contributed by atoms with Crippen LogP contribution in [-0.4, -0.2) is 41.1 Å². The van der Waals surface area contributed by atoms with Gasteiger partial charge in [0.15, 0.2) is 0 Å². The van der Waals surface area contributed by atoms with E-state index in [9.17, 15) is 4.79 Å². The summed E-state index contributed by atoms with van der Waals surface area (Å²) in [5.41, 5.74) is 5.35. The Kier molecular flexibility index (Phi) is 6.51. The normalized spacial score (nSPS) is 10.9. The number of amides is 1. The Labute approximate surface area is 197 Å². The van der Waals surface area contributed by atoms with Crippen LogP contribution in [0.4, 0.5) is 11.4 Å². The summed E-state index contributed by atoms with van der Waals surface area (Å²) in [5.74, 6) is 0.144. The van der Waals surface area contributed by atoms with Crippen LogP contribution in [0.25, 0.3) is 16.7 Å². The highest BCUT2D eigenvalue weighted by molar-refractivity contribution is 6.31. The molecule has 1 aromatic heterocycles. The van der Waals surface area contributed by atoms with Gasteiger partial charge >= 0.3 is 0 Å². The quantitative estimate of drug-likeness (QED) is 0.392. The molecule has 3 aromatic carbocycles. The molecule has 0 fully saturated rings. The lowest BCUT2D eigenvalue weighted by Gasteiger charge is -2.20. The van der Waals surface area contributed by atoms with Crippen LogP contribution in [0.1, 0.15) is 29.8 Å². The molecule has 0 aliphatic heterocycles. The largest absolute Gasteiger partial charge is 0.496 e. The topological polar surface area (TPSA) is 72.3 Å². The number of nitrogens with zero attached hydrogens (tertiary/aromatic N) is 4. The number of aromatic nitrogens is 3. The number of benzene rings is 3. The van der Waals surface area contributed by atoms with E-state index in [1.165, 1.54) is 7.11 Å². The first-order valence-electron chi connectivity index (χ1n) is 10.8. The van der Waals surface area contributed by atoms with Crippen molar-refractivity contribution in [3.05, 3.63) is 70.7 Å². The highest BCUT2D eigenvalue weighted by Gasteiger charge is 2.16. The van der Waals surface area contributed by atoms with Gasteiger partial charge in [-0.2, -0.15) is 4.80 Å². The third kappa shape index (κ3) is 4.64. The first-order chi connectivity index (χ1) is 15.9. The summed E-state index contributed by atoms with van der Waals surface area (Å²) in [6, 6.07) is 16.8. The number of hydrogen-bond donors (Lipinski definition) is 1. The van der Waals surface area contributed by atoms with Gasteiger partial charge in [0.05, 0.1) is 18.4 Å². The molecule has 0 aliphatic rings. The molecule has 0 saturated heterocycles. The fourth-order valence-corrected chi connectivity index (χ4v) is 3.92. The van der Waals surface area contributed by atoms with E-state index in [0.29, 0.717) is 27.5 Å². The van der Waals surface area contributed by atoms with Crippen LogP contribution in [0.5, 0.6) is 5.75 Å². The van der Waals surface area contributed by atoms with E-state index >= 15 is 0 Å². The first kappa shape index (κ1) is 22.6. The van der Waals surface area contributed by atoms with Gasteiger partial charge in [0, 0.05) is 29.5 Å². The van der Waals surface area contributed by atoms with Crippen molar-refractivity contribution in [1.82, 2.24) is 15.0 Å². The van der Waals surface area contributed by atoms with Crippen molar-refractivity contribution < 1.29 is 9.53 Å². The predicted octanol–water partition coefficient (Wildman–Crippen LogP) is 5.49. The number of halogens is 1. The zero-order valence-corrected chi connectivity index (χ0v) is 19.8. The third-order valence-electron chi connectivity index (χ3n) is 5.59. The second-order valence-electron chi connectivity index (χ2n) is 7.63. The minimum absolute atomic E-state index is 0.309. The molecular formula is C25H26ClN5O2. The molecule has 33 heavy (non-hydrogen) atoms. The molecule has 0 bridgehead atoms. The van der Waals surface area contributed by atoms with E-state index in [1.807, 2.05) is 31.2 Å². The van der Waals surface area contributed by atoms with Crippen LogP contribution in [0.2, 0.25) is 5.02 Å². The third-order valence-corrected chi connectivity index (χ3v) is 5.83. The molecule has 8 heteroatoms. The second-order valence-corrected chi connectivity index (χ2v) is 8.07. The summed E-state index contributed by atoms with van der Waals surface area (Å²) in [6.07, 6.45) is 0. The Morgan fingerprint density at radius 2 is 1.70 bits per heavy atom. The van der Waals surface area contributed by atoms with Crippen LogP contribution < -0.4 is 15.0 Å². The first-order valence-corrected chi connectivity index (χ1v) is 11.2. The zero-order chi connectivity index (χ0) is 23.5. The van der Waals surface area contributed by atoms with Gasteiger partial charge in [-0.3, -0.25) is 4.79 Å². The van der Waals surface area contributed by atoms with Gasteiger partial charge in [-0.05, 0) is 80.9 Å². The van der Waals surface area contributed by atoms with Crippen molar-refractivity contribution in [2.45, 2.75) is 20.8 Å². The van der Waals surface area contributed by atoms with Crippen LogP contribution >= 0.6 is 11.6 Å². The maximum Gasteiger partial charge on any atom is 0.259 e. The number of fused-ring (bicyclic) bond motifs is 1. The van der Waals surface area contributed by atoms with Crippen LogP contribution in [0.15, 0.2) is 54.6 Å². The van der Waals surface area contributed by atoms with Gasteiger partial charge in [-0.15, -0.1) is 10.2 Å². The fourth-order valence-electron chi connectivity index (χ4n) is 3.75. The van der Waals surface area contributed by atoms with E-state index in [2.05, 4.69) is 46.4 Å². The molecule has 170 valence electrons. The zero-order valence-electron chi connectivity index (χ0n) is 19.1. The smallest absolute Gasteiger partial charge is 0.259 e. The lowest BCUT2D eigenvalue weighted by atomic mass is 10.1. The summed E-state index contributed by atoms with van der Waals surface area (Å²) >= 11 is 6.08. The Hall–Kier alpha value is -3.58. The molecule has 1 N–H and O–H groups in total. The Morgan fingerprint density at radius 3 is 2.33 bits per heavy atom. The molecule has 7 nitrogen and oxygen atoms in total. The summed E-state index contributed by atoms with van der Waals surface area (Å²) < 4.78 is 5.30. The second kappa shape index (κ2) is 9.50. The maximum atomic E-state index is 12.9. The number of aryl methyl sites for hydroxylation is 1. The molecule has 4 aromatic rings. The molecule has 0 aliphatic carbocycles. The molecule has 0 atom stereocenters. The SMILES string of the molecule is CCN(CC)c1ccc(-n2nc3cc(C)c(NC(=O)c4cc(Cl)ccc4OC)cc3n2)cc1. The summed E-state index contributed by atoms with van der Waals surface area (Å²) in [4.78, 5) is 16.8. The molecule has 0 saturated carbocycles. The Bertz CT molecular complexity index is 1300. The maximum absolute atomic E-state index is 12.9. The standard InChI is InChI=1S/C25H26ClN5O2/c1-5-30(6-2)18-8-10-19(11-9-18)31-28-22-13-16(3)21(15-23(22)29-31)27-25(32)20-14-17(26)7-12-24(20)33-4/h7-15H,5-6H2,1-4H3,(H,27,32).